The van der Waals surface area contributed by atoms with Crippen molar-refractivity contribution in [2.75, 3.05) is 0 Å². The van der Waals surface area contributed by atoms with E-state index in [1.165, 1.54) is 11.1 Å². The molecule has 0 heterocycles. The van der Waals surface area contributed by atoms with Crippen molar-refractivity contribution in [1.29, 1.82) is 0 Å². The van der Waals surface area contributed by atoms with Gasteiger partial charge in [0.25, 0.3) is 0 Å². The van der Waals surface area contributed by atoms with Gasteiger partial charge in [0.2, 0.25) is 0 Å². The van der Waals surface area contributed by atoms with Crippen LogP contribution in [0.4, 0.5) is 0 Å². The van der Waals surface area contributed by atoms with Crippen molar-refractivity contribution >= 4 is 0 Å². The summed E-state index contributed by atoms with van der Waals surface area (Å²) in [5, 5.41) is 11.3. The SMILES string of the molecule is CC(C)(C)c1cc(C(C)(C)C)c(C(C)(C)C)c(O)c1C(C)(C)C. The van der Waals surface area contributed by atoms with Crippen LogP contribution in [0.5, 0.6) is 5.75 Å². The quantitative estimate of drug-likeness (QED) is 0.572. The molecule has 1 aromatic carbocycles. The highest BCUT2D eigenvalue weighted by atomic mass is 16.3. The molecule has 0 fully saturated rings. The molecule has 132 valence electrons. The third-order valence-corrected chi connectivity index (χ3v) is 4.42. The maximum atomic E-state index is 11.3. The molecule has 1 nitrogen and oxygen atoms in total. The van der Waals surface area contributed by atoms with Crippen LogP contribution in [-0.4, -0.2) is 5.11 Å². The van der Waals surface area contributed by atoms with E-state index in [2.05, 4.69) is 89.2 Å². The highest BCUT2D eigenvalue weighted by molar-refractivity contribution is 5.58. The second kappa shape index (κ2) is 5.53. The van der Waals surface area contributed by atoms with E-state index in [9.17, 15) is 5.11 Å². The van der Waals surface area contributed by atoms with Gasteiger partial charge in [-0.1, -0.05) is 89.2 Å². The molecule has 1 heteroatoms. The first-order chi connectivity index (χ1) is 9.88. The van der Waals surface area contributed by atoms with Gasteiger partial charge in [-0.3, -0.25) is 0 Å². The van der Waals surface area contributed by atoms with E-state index in [0.717, 1.165) is 11.1 Å². The lowest BCUT2D eigenvalue weighted by atomic mass is 9.67. The van der Waals surface area contributed by atoms with Crippen LogP contribution in [0.1, 0.15) is 105 Å². The molecular weight excluding hydrogens is 280 g/mol. The number of aromatic hydroxyl groups is 1. The molecule has 23 heavy (non-hydrogen) atoms. The van der Waals surface area contributed by atoms with Crippen molar-refractivity contribution in [2.45, 2.75) is 105 Å². The number of rotatable bonds is 0. The van der Waals surface area contributed by atoms with Crippen molar-refractivity contribution in [2.24, 2.45) is 0 Å². The topological polar surface area (TPSA) is 20.2 Å². The highest BCUT2D eigenvalue weighted by Crippen LogP contribution is 2.48. The van der Waals surface area contributed by atoms with E-state index >= 15 is 0 Å². The van der Waals surface area contributed by atoms with E-state index in [0.29, 0.717) is 5.75 Å². The summed E-state index contributed by atoms with van der Waals surface area (Å²) in [7, 11) is 0. The summed E-state index contributed by atoms with van der Waals surface area (Å²) >= 11 is 0. The van der Waals surface area contributed by atoms with Crippen LogP contribution >= 0.6 is 0 Å². The maximum absolute atomic E-state index is 11.3. The van der Waals surface area contributed by atoms with Gasteiger partial charge in [-0.25, -0.2) is 0 Å². The average molecular weight is 319 g/mol. The van der Waals surface area contributed by atoms with Crippen LogP contribution in [0.3, 0.4) is 0 Å². The Morgan fingerprint density at radius 2 is 0.783 bits per heavy atom. The first kappa shape index (κ1) is 20.1. The third kappa shape index (κ3) is 4.11. The maximum Gasteiger partial charge on any atom is 0.123 e. The molecule has 0 unspecified atom stereocenters. The molecule has 0 saturated carbocycles. The van der Waals surface area contributed by atoms with Crippen molar-refractivity contribution in [3.8, 4) is 5.75 Å². The summed E-state index contributed by atoms with van der Waals surface area (Å²) in [6.45, 7) is 26.6. The average Bonchev–Trinajstić information content (AvgIpc) is 2.20. The van der Waals surface area contributed by atoms with Crippen molar-refractivity contribution in [3.63, 3.8) is 0 Å². The Balaban J connectivity index is 4.09. The number of hydrogen-bond donors (Lipinski definition) is 1. The van der Waals surface area contributed by atoms with Crippen LogP contribution < -0.4 is 0 Å². The van der Waals surface area contributed by atoms with E-state index in [4.69, 9.17) is 0 Å². The fourth-order valence-electron chi connectivity index (χ4n) is 3.37. The van der Waals surface area contributed by atoms with Gasteiger partial charge in [0, 0.05) is 11.1 Å². The minimum Gasteiger partial charge on any atom is -0.507 e. The Bertz CT molecular complexity index is 529. The molecule has 0 bridgehead atoms. The van der Waals surface area contributed by atoms with Crippen molar-refractivity contribution in [3.05, 3.63) is 28.3 Å². The summed E-state index contributed by atoms with van der Waals surface area (Å²) in [6.07, 6.45) is 0. The zero-order valence-corrected chi connectivity index (χ0v) is 17.5. The Morgan fingerprint density at radius 3 is 0.957 bits per heavy atom. The molecule has 0 saturated heterocycles. The number of phenols is 1. The largest absolute Gasteiger partial charge is 0.507 e. The van der Waals surface area contributed by atoms with Crippen molar-refractivity contribution in [1.82, 2.24) is 0 Å². The Kier molecular flexibility index (Phi) is 4.83. The van der Waals surface area contributed by atoms with Gasteiger partial charge in [0.15, 0.2) is 0 Å². The molecule has 0 aliphatic rings. The summed E-state index contributed by atoms with van der Waals surface area (Å²) in [6, 6.07) is 2.36. The molecule has 1 rings (SSSR count). The summed E-state index contributed by atoms with van der Waals surface area (Å²) in [5.41, 5.74) is 4.53. The predicted molar refractivity (Wildman–Crippen MR) is 103 cm³/mol. The molecule has 1 aromatic rings. The highest BCUT2D eigenvalue weighted by Gasteiger charge is 2.36. The lowest BCUT2D eigenvalue weighted by Gasteiger charge is -2.38. The molecule has 0 atom stereocenters. The first-order valence-electron chi connectivity index (χ1n) is 8.80. The van der Waals surface area contributed by atoms with E-state index in [-0.39, 0.29) is 21.7 Å². The second-order valence-electron chi connectivity index (χ2n) is 11.1. The van der Waals surface area contributed by atoms with Gasteiger partial charge in [0.05, 0.1) is 0 Å². The third-order valence-electron chi connectivity index (χ3n) is 4.42. The van der Waals surface area contributed by atoms with Gasteiger partial charge < -0.3 is 5.11 Å². The molecule has 0 radical (unpaired) electrons. The molecule has 0 aromatic heterocycles. The summed E-state index contributed by atoms with van der Waals surface area (Å²) in [5.74, 6) is 0.502. The fourth-order valence-corrected chi connectivity index (χ4v) is 3.37. The summed E-state index contributed by atoms with van der Waals surface area (Å²) in [4.78, 5) is 0. The zero-order chi connectivity index (χ0) is 18.6. The molecular formula is C22H38O. The normalized spacial score (nSPS) is 14.3. The first-order valence-corrected chi connectivity index (χ1v) is 8.80. The second-order valence-corrected chi connectivity index (χ2v) is 11.1. The lowest BCUT2D eigenvalue weighted by Crippen LogP contribution is -2.28. The minimum absolute atomic E-state index is 0.00346. The van der Waals surface area contributed by atoms with E-state index < -0.39 is 0 Å². The standard InChI is InChI=1S/C22H38O/c1-19(2,3)14-13-15(20(4,5)6)17(22(10,11)12)18(23)16(14)21(7,8)9/h13,23H,1-12H3. The monoisotopic (exact) mass is 318 g/mol. The molecule has 0 amide bonds. The van der Waals surface area contributed by atoms with Gasteiger partial charge in [-0.05, 0) is 32.8 Å². The fraction of sp³-hybridized carbons (Fsp3) is 0.727. The molecule has 0 aliphatic carbocycles. The van der Waals surface area contributed by atoms with Crippen LogP contribution in [0, 0.1) is 0 Å². The van der Waals surface area contributed by atoms with E-state index in [1.807, 2.05) is 0 Å². The Labute approximate surface area is 144 Å². The predicted octanol–water partition coefficient (Wildman–Crippen LogP) is 6.58. The van der Waals surface area contributed by atoms with Gasteiger partial charge in [-0.2, -0.15) is 0 Å². The molecule has 1 N–H and O–H groups in total. The number of phenolic OH excluding ortho intramolecular Hbond substituents is 1. The molecule has 0 aliphatic heterocycles. The van der Waals surface area contributed by atoms with Crippen LogP contribution in [0.2, 0.25) is 0 Å². The minimum atomic E-state index is -0.0941. The van der Waals surface area contributed by atoms with Crippen molar-refractivity contribution < 1.29 is 5.11 Å². The van der Waals surface area contributed by atoms with Crippen LogP contribution in [0.15, 0.2) is 6.07 Å². The van der Waals surface area contributed by atoms with E-state index in [1.54, 1.807) is 0 Å². The lowest BCUT2D eigenvalue weighted by molar-refractivity contribution is 0.405. The smallest absolute Gasteiger partial charge is 0.123 e. The van der Waals surface area contributed by atoms with Gasteiger partial charge >= 0.3 is 0 Å². The van der Waals surface area contributed by atoms with Gasteiger partial charge in [-0.15, -0.1) is 0 Å². The number of benzene rings is 1. The van der Waals surface area contributed by atoms with Crippen LogP contribution in [0.25, 0.3) is 0 Å². The Hall–Kier alpha value is -0.980. The Morgan fingerprint density at radius 1 is 0.522 bits per heavy atom. The van der Waals surface area contributed by atoms with Crippen LogP contribution in [-0.2, 0) is 21.7 Å². The zero-order valence-electron chi connectivity index (χ0n) is 17.5. The summed E-state index contributed by atoms with van der Waals surface area (Å²) < 4.78 is 0. The molecule has 0 spiro atoms. The van der Waals surface area contributed by atoms with Gasteiger partial charge in [0.1, 0.15) is 5.75 Å². The number of hydrogen-bond acceptors (Lipinski definition) is 1.